The number of ether oxygens (including phenoxy) is 2. The van der Waals surface area contributed by atoms with E-state index in [0.717, 1.165) is 66.2 Å². The molecule has 0 amide bonds. The lowest BCUT2D eigenvalue weighted by molar-refractivity contribution is 0.191. The summed E-state index contributed by atoms with van der Waals surface area (Å²) in [7, 11) is 4.48. The average Bonchev–Trinajstić information content (AvgIpc) is 3.29. The summed E-state index contributed by atoms with van der Waals surface area (Å²) in [5.41, 5.74) is 2.08. The predicted molar refractivity (Wildman–Crippen MR) is 160 cm³/mol. The van der Waals surface area contributed by atoms with Crippen molar-refractivity contribution in [2.24, 2.45) is 11.8 Å². The Balaban J connectivity index is 1.26. The van der Waals surface area contributed by atoms with Crippen molar-refractivity contribution < 1.29 is 9.47 Å². The van der Waals surface area contributed by atoms with Crippen molar-refractivity contribution in [2.75, 3.05) is 46.9 Å². The quantitative estimate of drug-likeness (QED) is 0.229. The minimum atomic E-state index is 0.414. The lowest BCUT2D eigenvalue weighted by atomic mass is 9.94. The monoisotopic (exact) mass is 552 g/mol. The van der Waals surface area contributed by atoms with Crippen molar-refractivity contribution in [3.05, 3.63) is 53.3 Å². The maximum Gasteiger partial charge on any atom is 0.148 e. The van der Waals surface area contributed by atoms with Crippen molar-refractivity contribution in [1.29, 1.82) is 0 Å². The van der Waals surface area contributed by atoms with Gasteiger partial charge in [0.1, 0.15) is 29.4 Å². The number of aryl methyl sites for hydroxylation is 1. The molecule has 0 aliphatic carbocycles. The van der Waals surface area contributed by atoms with Crippen LogP contribution < -0.4 is 9.47 Å². The third-order valence-corrected chi connectivity index (χ3v) is 8.71. The number of para-hydroxylation sites is 1. The van der Waals surface area contributed by atoms with E-state index in [1.54, 1.807) is 0 Å². The Bertz CT molecular complexity index is 1180. The van der Waals surface area contributed by atoms with Gasteiger partial charge < -0.3 is 23.8 Å². The van der Waals surface area contributed by atoms with Gasteiger partial charge in [-0.3, -0.25) is 0 Å². The van der Waals surface area contributed by atoms with Gasteiger partial charge in [-0.05, 0) is 127 Å². The fourth-order valence-corrected chi connectivity index (χ4v) is 6.56. The van der Waals surface area contributed by atoms with Crippen molar-refractivity contribution in [2.45, 2.75) is 64.5 Å². The number of aromatic nitrogens is 2. The smallest absolute Gasteiger partial charge is 0.148 e. The van der Waals surface area contributed by atoms with E-state index in [4.69, 9.17) is 26.1 Å². The first kappa shape index (κ1) is 28.3. The maximum atomic E-state index is 6.34. The highest BCUT2D eigenvalue weighted by atomic mass is 35.5. The zero-order chi connectivity index (χ0) is 27.0. The third kappa shape index (κ3) is 7.90. The van der Waals surface area contributed by atoms with Crippen LogP contribution in [-0.4, -0.2) is 66.2 Å². The van der Waals surface area contributed by atoms with Crippen LogP contribution in [0.2, 0.25) is 5.02 Å². The molecule has 2 unspecified atom stereocenters. The first-order valence-electron chi connectivity index (χ1n) is 14.9. The highest BCUT2D eigenvalue weighted by molar-refractivity contribution is 6.30. The third-order valence-electron chi connectivity index (χ3n) is 8.46. The first-order chi connectivity index (χ1) is 19.0. The fourth-order valence-electron chi connectivity index (χ4n) is 6.43. The Morgan fingerprint density at radius 2 is 1.56 bits per heavy atom. The Morgan fingerprint density at radius 1 is 0.872 bits per heavy atom. The molecule has 0 radical (unpaired) electrons. The van der Waals surface area contributed by atoms with Crippen molar-refractivity contribution in [1.82, 2.24) is 19.4 Å². The summed E-state index contributed by atoms with van der Waals surface area (Å²) >= 11 is 6.07. The molecule has 2 fully saturated rings. The van der Waals surface area contributed by atoms with E-state index < -0.39 is 0 Å². The number of benzene rings is 2. The number of likely N-dealkylation sites (tertiary alicyclic amines) is 2. The van der Waals surface area contributed by atoms with Crippen LogP contribution in [0.5, 0.6) is 11.5 Å². The molecule has 2 aliphatic heterocycles. The van der Waals surface area contributed by atoms with Gasteiger partial charge in [0.15, 0.2) is 0 Å². The lowest BCUT2D eigenvalue weighted by Crippen LogP contribution is -2.32. The molecule has 212 valence electrons. The average molecular weight is 553 g/mol. The molecule has 0 N–H and O–H groups in total. The van der Waals surface area contributed by atoms with Crippen molar-refractivity contribution in [3.63, 3.8) is 0 Å². The molecule has 0 bridgehead atoms. The summed E-state index contributed by atoms with van der Waals surface area (Å²) in [6, 6.07) is 13.9. The molecule has 6 nitrogen and oxygen atoms in total. The maximum absolute atomic E-state index is 6.34. The van der Waals surface area contributed by atoms with E-state index in [-0.39, 0.29) is 0 Å². The van der Waals surface area contributed by atoms with Crippen LogP contribution in [0, 0.1) is 11.8 Å². The van der Waals surface area contributed by atoms with E-state index >= 15 is 0 Å². The summed E-state index contributed by atoms with van der Waals surface area (Å²) in [5, 5.41) is 0.709. The Kier molecular flexibility index (Phi) is 10.0. The summed E-state index contributed by atoms with van der Waals surface area (Å²) < 4.78 is 14.8. The Hall–Kier alpha value is -2.28. The molecule has 2 aromatic carbocycles. The summed E-state index contributed by atoms with van der Waals surface area (Å²) in [5.74, 6) is 4.21. The molecule has 3 aromatic rings. The topological polar surface area (TPSA) is 42.8 Å². The molecule has 2 saturated heterocycles. The van der Waals surface area contributed by atoms with Gasteiger partial charge >= 0.3 is 0 Å². The van der Waals surface area contributed by atoms with Gasteiger partial charge in [-0.2, -0.15) is 0 Å². The number of imidazole rings is 1. The van der Waals surface area contributed by atoms with Crippen LogP contribution in [0.4, 0.5) is 0 Å². The second-order valence-electron chi connectivity index (χ2n) is 11.7. The molecule has 0 spiro atoms. The number of hydrogen-bond donors (Lipinski definition) is 0. The van der Waals surface area contributed by atoms with Gasteiger partial charge in [0.05, 0.1) is 12.1 Å². The fraction of sp³-hybridized carbons (Fsp3) is 0.594. The minimum Gasteiger partial charge on any atom is -0.491 e. The summed E-state index contributed by atoms with van der Waals surface area (Å²) in [4.78, 5) is 10.0. The zero-order valence-corrected chi connectivity index (χ0v) is 24.5. The molecular formula is C32H45ClN4O2. The summed E-state index contributed by atoms with van der Waals surface area (Å²) in [6.45, 7) is 6.99. The normalized spacial score (nSPS) is 20.9. The van der Waals surface area contributed by atoms with E-state index in [2.05, 4.69) is 46.7 Å². The highest BCUT2D eigenvalue weighted by Gasteiger charge is 2.20. The minimum absolute atomic E-state index is 0.414. The van der Waals surface area contributed by atoms with Gasteiger partial charge in [-0.15, -0.1) is 0 Å². The van der Waals surface area contributed by atoms with E-state index in [1.165, 1.54) is 64.7 Å². The van der Waals surface area contributed by atoms with Crippen LogP contribution >= 0.6 is 11.6 Å². The van der Waals surface area contributed by atoms with Crippen LogP contribution in [0.1, 0.15) is 57.2 Å². The number of piperidine rings is 2. The molecule has 5 rings (SSSR count). The van der Waals surface area contributed by atoms with Gasteiger partial charge in [0, 0.05) is 24.7 Å². The number of fused-ring (bicyclic) bond motifs is 1. The molecule has 39 heavy (non-hydrogen) atoms. The number of nitrogens with zero attached hydrogens (tertiary/aromatic N) is 4. The molecule has 1 aromatic heterocycles. The summed E-state index contributed by atoms with van der Waals surface area (Å²) in [6.07, 6.45) is 10.0. The molecule has 3 heterocycles. The van der Waals surface area contributed by atoms with Crippen LogP contribution in [0.3, 0.4) is 0 Å². The van der Waals surface area contributed by atoms with Crippen LogP contribution in [0.25, 0.3) is 11.0 Å². The highest BCUT2D eigenvalue weighted by Crippen LogP contribution is 2.29. The van der Waals surface area contributed by atoms with E-state index in [1.807, 2.05) is 24.3 Å². The first-order valence-corrected chi connectivity index (χ1v) is 15.3. The number of rotatable bonds is 12. The van der Waals surface area contributed by atoms with Gasteiger partial charge in [0.25, 0.3) is 0 Å². The lowest BCUT2D eigenvalue weighted by Gasteiger charge is -2.29. The van der Waals surface area contributed by atoms with E-state index in [9.17, 15) is 0 Å². The van der Waals surface area contributed by atoms with Gasteiger partial charge in [-0.1, -0.05) is 17.7 Å². The SMILES string of the molecule is CN1CCCC(CCCOc2cccc3c2nc(COc2ccc(Cl)cc2)n3CCCC2CCCN(C)C2)C1. The Morgan fingerprint density at radius 3 is 2.26 bits per heavy atom. The van der Waals surface area contributed by atoms with Crippen molar-refractivity contribution in [3.8, 4) is 11.5 Å². The van der Waals surface area contributed by atoms with Gasteiger partial charge in [0.2, 0.25) is 0 Å². The second-order valence-corrected chi connectivity index (χ2v) is 12.2. The van der Waals surface area contributed by atoms with Crippen LogP contribution in [-0.2, 0) is 13.2 Å². The van der Waals surface area contributed by atoms with E-state index in [0.29, 0.717) is 11.6 Å². The van der Waals surface area contributed by atoms with Gasteiger partial charge in [-0.25, -0.2) is 4.98 Å². The standard InChI is InChI=1S/C32H45ClN4O2/c1-35-18-4-8-25(22-35)10-6-20-37-29-12-3-13-30(38-21-7-11-26-9-5-19-36(2)23-26)32(29)34-31(37)24-39-28-16-14-27(33)15-17-28/h3,12-17,25-26H,4-11,18-24H2,1-2H3. The number of hydrogen-bond acceptors (Lipinski definition) is 5. The Labute approximate surface area is 239 Å². The largest absolute Gasteiger partial charge is 0.491 e. The molecule has 2 aliphatic rings. The van der Waals surface area contributed by atoms with Crippen LogP contribution in [0.15, 0.2) is 42.5 Å². The molecule has 2 atom stereocenters. The second kappa shape index (κ2) is 13.9. The molecule has 7 heteroatoms. The molecule has 0 saturated carbocycles. The van der Waals surface area contributed by atoms with Crippen molar-refractivity contribution >= 4 is 22.6 Å². The zero-order valence-electron chi connectivity index (χ0n) is 23.8. The molecular weight excluding hydrogens is 508 g/mol. The number of halogens is 1. The predicted octanol–water partition coefficient (Wildman–Crippen LogP) is 6.89.